The van der Waals surface area contributed by atoms with E-state index in [2.05, 4.69) is 9.98 Å². The number of nitrogens with zero attached hydrogens (tertiary/aromatic N) is 4. The van der Waals surface area contributed by atoms with E-state index < -0.39 is 17.2 Å². The summed E-state index contributed by atoms with van der Waals surface area (Å²) < 4.78 is 11.9. The number of aryl methyl sites for hydroxylation is 1. The number of nitrogens with one attached hydrogen (secondary N) is 1. The molecule has 3 N–H and O–H groups in total. The smallest absolute Gasteiger partial charge is 0.254 e. The second kappa shape index (κ2) is 11.6. The fraction of sp³-hybridized carbons (Fsp3) is 0.345. The van der Waals surface area contributed by atoms with E-state index in [1.165, 1.54) is 0 Å². The molecular weight excluding hydrogens is 512 g/mol. The number of carbonyl (C=O) groups excluding carboxylic acids is 1. The minimum atomic E-state index is -0.997. The van der Waals surface area contributed by atoms with Gasteiger partial charge in [-0.25, -0.2) is 9.97 Å². The summed E-state index contributed by atoms with van der Waals surface area (Å²) in [5.41, 5.74) is 10.0. The predicted molar refractivity (Wildman–Crippen MR) is 155 cm³/mol. The zero-order valence-electron chi connectivity index (χ0n) is 23.1. The van der Waals surface area contributed by atoms with Crippen LogP contribution in [0.3, 0.4) is 0 Å². The number of ether oxygens (including phenoxy) is 2. The van der Waals surface area contributed by atoms with Gasteiger partial charge in [-0.2, -0.15) is 4.99 Å². The van der Waals surface area contributed by atoms with E-state index >= 15 is 0 Å². The first-order chi connectivity index (χ1) is 18.5. The summed E-state index contributed by atoms with van der Waals surface area (Å²) in [5.74, 6) is 0.0173. The SMILES string of the molecule is CC(=N)SC(N)=NC(=O)C(C)(C)[C@H]1c2ccc(C)nc2Oc2nc(-c3ccc(COCN(C)C)cc3)ccc21. The maximum absolute atomic E-state index is 13.4. The first-order valence-corrected chi connectivity index (χ1v) is 13.4. The van der Waals surface area contributed by atoms with Crippen molar-refractivity contribution >= 4 is 27.9 Å². The minimum absolute atomic E-state index is 0.0409. The predicted octanol–water partition coefficient (Wildman–Crippen LogP) is 5.32. The van der Waals surface area contributed by atoms with Crippen molar-refractivity contribution < 1.29 is 14.3 Å². The molecule has 39 heavy (non-hydrogen) atoms. The van der Waals surface area contributed by atoms with Crippen LogP contribution in [0.5, 0.6) is 11.8 Å². The standard InChI is InChI=1S/C29H34N6O3S/c1-17-7-12-21-24(29(3,4)27(36)34-28(31)39-18(2)30)22-13-14-23(33-26(22)38-25(21)32-17)20-10-8-19(9-11-20)15-37-16-35(5)6/h7-14,24,30H,15-16H2,1-6H3,(H2,31,34,36)/t24-/m0/s1. The topological polar surface area (TPSA) is 127 Å². The molecule has 0 radical (unpaired) electrons. The van der Waals surface area contributed by atoms with Crippen molar-refractivity contribution in [3.8, 4) is 23.0 Å². The molecule has 3 heterocycles. The highest BCUT2D eigenvalue weighted by Crippen LogP contribution is 2.51. The van der Waals surface area contributed by atoms with Crippen LogP contribution in [0.25, 0.3) is 11.3 Å². The van der Waals surface area contributed by atoms with E-state index in [4.69, 9.17) is 25.6 Å². The van der Waals surface area contributed by atoms with Crippen LogP contribution in [0, 0.1) is 17.7 Å². The van der Waals surface area contributed by atoms with Gasteiger partial charge >= 0.3 is 0 Å². The number of hydrogen-bond acceptors (Lipinski definition) is 8. The molecule has 1 aliphatic rings. The fourth-order valence-corrected chi connectivity index (χ4v) is 4.90. The first kappa shape index (κ1) is 28.4. The van der Waals surface area contributed by atoms with E-state index in [1.54, 1.807) is 6.92 Å². The number of amides is 1. The Kier molecular flexibility index (Phi) is 8.48. The van der Waals surface area contributed by atoms with Gasteiger partial charge in [0.25, 0.3) is 5.91 Å². The number of thioether (sulfide) groups is 1. The summed E-state index contributed by atoms with van der Waals surface area (Å²) in [5, 5.41) is 7.93. The van der Waals surface area contributed by atoms with Crippen LogP contribution in [0.4, 0.5) is 0 Å². The maximum Gasteiger partial charge on any atom is 0.254 e. The first-order valence-electron chi connectivity index (χ1n) is 12.6. The van der Waals surface area contributed by atoms with Crippen molar-refractivity contribution in [2.75, 3.05) is 20.8 Å². The summed E-state index contributed by atoms with van der Waals surface area (Å²) in [6, 6.07) is 15.8. The van der Waals surface area contributed by atoms with Crippen LogP contribution < -0.4 is 10.5 Å². The molecule has 1 atom stereocenters. The number of fused-ring (bicyclic) bond motifs is 2. The molecule has 0 saturated heterocycles. The van der Waals surface area contributed by atoms with E-state index in [0.717, 1.165) is 45.4 Å². The Balaban J connectivity index is 1.69. The number of benzene rings is 1. The lowest BCUT2D eigenvalue weighted by atomic mass is 9.70. The lowest BCUT2D eigenvalue weighted by molar-refractivity contribution is -0.126. The number of nitrogens with two attached hydrogens (primary N) is 1. The van der Waals surface area contributed by atoms with Gasteiger partial charge in [0.1, 0.15) is 0 Å². The summed E-state index contributed by atoms with van der Waals surface area (Å²) in [6.45, 7) is 8.23. The third kappa shape index (κ3) is 6.52. The summed E-state index contributed by atoms with van der Waals surface area (Å²) in [7, 11) is 3.93. The molecule has 0 spiro atoms. The average Bonchev–Trinajstić information content (AvgIpc) is 2.86. The van der Waals surface area contributed by atoms with Crippen LogP contribution in [-0.2, 0) is 16.1 Å². The normalized spacial score (nSPS) is 14.9. The Morgan fingerprint density at radius 1 is 1.10 bits per heavy atom. The van der Waals surface area contributed by atoms with Gasteiger partial charge < -0.3 is 15.2 Å². The molecule has 2 aromatic heterocycles. The van der Waals surface area contributed by atoms with Crippen molar-refractivity contribution in [2.24, 2.45) is 16.1 Å². The van der Waals surface area contributed by atoms with Gasteiger partial charge in [-0.1, -0.05) is 50.2 Å². The van der Waals surface area contributed by atoms with Crippen LogP contribution >= 0.6 is 11.8 Å². The Morgan fingerprint density at radius 2 is 1.74 bits per heavy atom. The van der Waals surface area contributed by atoms with E-state index in [-0.39, 0.29) is 10.2 Å². The molecule has 0 bridgehead atoms. The highest BCUT2D eigenvalue weighted by atomic mass is 32.2. The van der Waals surface area contributed by atoms with Gasteiger partial charge in [-0.3, -0.25) is 15.1 Å². The molecule has 204 valence electrons. The number of amidine groups is 1. The number of carbonyl (C=O) groups is 1. The lowest BCUT2D eigenvalue weighted by Crippen LogP contribution is -2.34. The van der Waals surface area contributed by atoms with Crippen molar-refractivity contribution in [3.63, 3.8) is 0 Å². The number of hydrogen-bond donors (Lipinski definition) is 2. The number of rotatable bonds is 7. The summed E-state index contributed by atoms with van der Waals surface area (Å²) >= 11 is 0.956. The number of pyridine rings is 2. The maximum atomic E-state index is 13.4. The Bertz CT molecular complexity index is 1420. The molecule has 9 nitrogen and oxygen atoms in total. The number of aliphatic imine (C=N–C) groups is 1. The molecule has 4 rings (SSSR count). The Hall–Kier alpha value is -3.60. The second-order valence-electron chi connectivity index (χ2n) is 10.4. The van der Waals surface area contributed by atoms with Crippen LogP contribution in [0.1, 0.15) is 49.1 Å². The van der Waals surface area contributed by atoms with Gasteiger partial charge in [0, 0.05) is 28.3 Å². The molecule has 0 unspecified atom stereocenters. The number of aromatic nitrogens is 2. The molecule has 0 saturated carbocycles. The molecule has 1 amide bonds. The van der Waals surface area contributed by atoms with Crippen LogP contribution in [0.15, 0.2) is 53.5 Å². The van der Waals surface area contributed by atoms with Gasteiger partial charge in [0.05, 0.1) is 29.5 Å². The quantitative estimate of drug-likeness (QED) is 0.231. The van der Waals surface area contributed by atoms with Gasteiger partial charge in [-0.05, 0) is 57.4 Å². The highest BCUT2D eigenvalue weighted by Gasteiger charge is 2.44. The summed E-state index contributed by atoms with van der Waals surface area (Å²) in [6.07, 6.45) is 0. The molecule has 1 aromatic carbocycles. The average molecular weight is 547 g/mol. The third-order valence-corrected chi connectivity index (χ3v) is 6.95. The van der Waals surface area contributed by atoms with E-state index in [0.29, 0.717) is 25.1 Å². The van der Waals surface area contributed by atoms with Crippen molar-refractivity contribution in [3.05, 3.63) is 70.9 Å². The zero-order valence-corrected chi connectivity index (χ0v) is 23.9. The third-order valence-electron chi connectivity index (χ3n) is 6.34. The van der Waals surface area contributed by atoms with E-state index in [9.17, 15) is 4.79 Å². The van der Waals surface area contributed by atoms with Gasteiger partial charge in [-0.15, -0.1) is 0 Å². The second-order valence-corrected chi connectivity index (χ2v) is 11.6. The lowest BCUT2D eigenvalue weighted by Gasteiger charge is -2.36. The van der Waals surface area contributed by atoms with Crippen molar-refractivity contribution in [2.45, 2.75) is 40.2 Å². The molecule has 0 aliphatic carbocycles. The highest BCUT2D eigenvalue weighted by molar-refractivity contribution is 8.26. The molecule has 3 aromatic rings. The molecule has 1 aliphatic heterocycles. The monoisotopic (exact) mass is 546 g/mol. The van der Waals surface area contributed by atoms with Crippen LogP contribution in [0.2, 0.25) is 0 Å². The van der Waals surface area contributed by atoms with Crippen molar-refractivity contribution in [1.82, 2.24) is 14.9 Å². The minimum Gasteiger partial charge on any atom is -0.420 e. The Morgan fingerprint density at radius 3 is 2.38 bits per heavy atom. The van der Waals surface area contributed by atoms with Gasteiger partial charge in [0.2, 0.25) is 11.8 Å². The van der Waals surface area contributed by atoms with E-state index in [1.807, 2.05) is 88.3 Å². The molecule has 0 fully saturated rings. The van der Waals surface area contributed by atoms with Gasteiger partial charge in [0.15, 0.2) is 5.17 Å². The largest absolute Gasteiger partial charge is 0.420 e. The zero-order chi connectivity index (χ0) is 28.3. The van der Waals surface area contributed by atoms with Crippen molar-refractivity contribution in [1.29, 1.82) is 5.41 Å². The fourth-order valence-electron chi connectivity index (χ4n) is 4.46. The molecular formula is C29H34N6O3S. The molecule has 10 heteroatoms. The van der Waals surface area contributed by atoms with Crippen LogP contribution in [-0.4, -0.2) is 51.8 Å². The summed E-state index contributed by atoms with van der Waals surface area (Å²) in [4.78, 5) is 29.0. The Labute approximate surface area is 233 Å².